The molecule has 0 aromatic heterocycles. The number of likely N-dealkylation sites (N-methyl/N-ethyl adjacent to an activating group) is 1. The fourth-order valence-electron chi connectivity index (χ4n) is 3.73. The van der Waals surface area contributed by atoms with Crippen molar-refractivity contribution in [3.05, 3.63) is 35.4 Å². The third-order valence-electron chi connectivity index (χ3n) is 5.13. The Morgan fingerprint density at radius 2 is 1.91 bits per heavy atom. The second-order valence-electron chi connectivity index (χ2n) is 6.89. The van der Waals surface area contributed by atoms with E-state index < -0.39 is 0 Å². The number of carbonyl (C=O) groups excluding carboxylic acids is 1. The summed E-state index contributed by atoms with van der Waals surface area (Å²) in [6.45, 7) is 1.38. The van der Waals surface area contributed by atoms with Crippen LogP contribution in [-0.2, 0) is 22.6 Å². The van der Waals surface area contributed by atoms with Gasteiger partial charge in [0.05, 0.1) is 12.7 Å². The Labute approximate surface area is 133 Å². The van der Waals surface area contributed by atoms with Gasteiger partial charge in [-0.1, -0.05) is 43.5 Å². The van der Waals surface area contributed by atoms with Crippen molar-refractivity contribution in [3.8, 4) is 0 Å². The van der Waals surface area contributed by atoms with E-state index in [1.54, 1.807) is 0 Å². The highest BCUT2D eigenvalue weighted by Gasteiger charge is 2.24. The number of fused-ring (bicyclic) bond motifs is 1. The van der Waals surface area contributed by atoms with Gasteiger partial charge in [0.15, 0.2) is 0 Å². The molecule has 0 bridgehead atoms. The number of rotatable bonds is 4. The first-order valence-electron chi connectivity index (χ1n) is 8.64. The highest BCUT2D eigenvalue weighted by molar-refractivity contribution is 5.76. The maximum atomic E-state index is 12.4. The highest BCUT2D eigenvalue weighted by atomic mass is 16.5. The Kier molecular flexibility index (Phi) is 5.14. The van der Waals surface area contributed by atoms with E-state index in [1.165, 1.54) is 43.2 Å². The van der Waals surface area contributed by atoms with Crippen molar-refractivity contribution in [1.82, 2.24) is 4.90 Å². The Balaban J connectivity index is 1.49. The fraction of sp³-hybridized carbons (Fsp3) is 0.632. The van der Waals surface area contributed by atoms with Crippen molar-refractivity contribution in [1.29, 1.82) is 0 Å². The number of amides is 1. The SMILES string of the molecule is CN(CC1Cc2ccccc2CO1)C(=O)CC1CCCCC1. The second-order valence-corrected chi connectivity index (χ2v) is 6.89. The molecule has 3 rings (SSSR count). The average molecular weight is 301 g/mol. The molecule has 0 spiro atoms. The Bertz CT molecular complexity index is 508. The molecule has 1 fully saturated rings. The molecule has 3 heteroatoms. The van der Waals surface area contributed by atoms with Crippen LogP contribution in [0.5, 0.6) is 0 Å². The first kappa shape index (κ1) is 15.5. The number of ether oxygens (including phenoxy) is 1. The lowest BCUT2D eigenvalue weighted by Crippen LogP contribution is -2.39. The predicted molar refractivity (Wildman–Crippen MR) is 87.6 cm³/mol. The first-order valence-corrected chi connectivity index (χ1v) is 8.64. The molecule has 1 atom stereocenters. The van der Waals surface area contributed by atoms with E-state index in [1.807, 2.05) is 11.9 Å². The van der Waals surface area contributed by atoms with E-state index in [0.29, 0.717) is 19.1 Å². The lowest BCUT2D eigenvalue weighted by atomic mass is 9.86. The minimum absolute atomic E-state index is 0.134. The standard InChI is InChI=1S/C19H27NO2/c1-20(19(21)11-15-7-3-2-4-8-15)13-18-12-16-9-5-6-10-17(16)14-22-18/h5-6,9-10,15,18H,2-4,7-8,11-14H2,1H3. The molecule has 22 heavy (non-hydrogen) atoms. The third kappa shape index (κ3) is 3.89. The number of nitrogens with zero attached hydrogens (tertiary/aromatic N) is 1. The average Bonchev–Trinajstić information content (AvgIpc) is 2.55. The van der Waals surface area contributed by atoms with E-state index in [-0.39, 0.29) is 12.0 Å². The third-order valence-corrected chi connectivity index (χ3v) is 5.13. The van der Waals surface area contributed by atoms with Crippen molar-refractivity contribution in [3.63, 3.8) is 0 Å². The number of benzene rings is 1. The molecule has 0 radical (unpaired) electrons. The summed E-state index contributed by atoms with van der Waals surface area (Å²) in [5.41, 5.74) is 2.65. The van der Waals surface area contributed by atoms with Crippen molar-refractivity contribution < 1.29 is 9.53 Å². The van der Waals surface area contributed by atoms with E-state index >= 15 is 0 Å². The Morgan fingerprint density at radius 1 is 1.18 bits per heavy atom. The lowest BCUT2D eigenvalue weighted by Gasteiger charge is -2.30. The molecule has 120 valence electrons. The van der Waals surface area contributed by atoms with Gasteiger partial charge in [-0.25, -0.2) is 0 Å². The van der Waals surface area contributed by atoms with Gasteiger partial charge in [-0.05, 0) is 29.9 Å². The molecule has 1 aliphatic heterocycles. The molecule has 1 aliphatic carbocycles. The topological polar surface area (TPSA) is 29.5 Å². The summed E-state index contributed by atoms with van der Waals surface area (Å²) in [6.07, 6.45) is 8.16. The largest absolute Gasteiger partial charge is 0.371 e. The zero-order valence-electron chi connectivity index (χ0n) is 13.6. The summed E-state index contributed by atoms with van der Waals surface area (Å²) in [4.78, 5) is 14.3. The molecule has 1 amide bonds. The van der Waals surface area contributed by atoms with Gasteiger partial charge in [0.2, 0.25) is 5.91 Å². The minimum atomic E-state index is 0.134. The Hall–Kier alpha value is -1.35. The van der Waals surface area contributed by atoms with Crippen molar-refractivity contribution >= 4 is 5.91 Å². The van der Waals surface area contributed by atoms with Gasteiger partial charge in [-0.2, -0.15) is 0 Å². The predicted octanol–water partition coefficient (Wildman–Crippen LogP) is 3.56. The molecule has 1 saturated carbocycles. The molecule has 0 saturated heterocycles. The van der Waals surface area contributed by atoms with Gasteiger partial charge in [-0.3, -0.25) is 4.79 Å². The summed E-state index contributed by atoms with van der Waals surface area (Å²) in [6, 6.07) is 8.44. The van der Waals surface area contributed by atoms with Crippen LogP contribution in [0.3, 0.4) is 0 Å². The second kappa shape index (κ2) is 7.28. The van der Waals surface area contributed by atoms with Crippen LogP contribution < -0.4 is 0 Å². The van der Waals surface area contributed by atoms with Gasteiger partial charge in [-0.15, -0.1) is 0 Å². The molecular weight excluding hydrogens is 274 g/mol. The number of hydrogen-bond acceptors (Lipinski definition) is 2. The van der Waals surface area contributed by atoms with Crippen LogP contribution in [0.4, 0.5) is 0 Å². The van der Waals surface area contributed by atoms with Gasteiger partial charge in [0, 0.05) is 26.4 Å². The molecule has 3 nitrogen and oxygen atoms in total. The summed E-state index contributed by atoms with van der Waals surface area (Å²) in [7, 11) is 1.93. The van der Waals surface area contributed by atoms with Crippen LogP contribution in [0.25, 0.3) is 0 Å². The maximum Gasteiger partial charge on any atom is 0.222 e. The van der Waals surface area contributed by atoms with E-state index in [4.69, 9.17) is 4.74 Å². The molecule has 2 aliphatic rings. The van der Waals surface area contributed by atoms with Crippen LogP contribution in [0.2, 0.25) is 0 Å². The van der Waals surface area contributed by atoms with Crippen LogP contribution in [-0.4, -0.2) is 30.5 Å². The van der Waals surface area contributed by atoms with Gasteiger partial charge >= 0.3 is 0 Å². The first-order chi connectivity index (χ1) is 10.7. The van der Waals surface area contributed by atoms with E-state index in [0.717, 1.165) is 12.8 Å². The Morgan fingerprint density at radius 3 is 2.68 bits per heavy atom. The van der Waals surface area contributed by atoms with Gasteiger partial charge in [0.25, 0.3) is 0 Å². The van der Waals surface area contributed by atoms with E-state index in [9.17, 15) is 4.79 Å². The van der Waals surface area contributed by atoms with Crippen LogP contribution >= 0.6 is 0 Å². The fourth-order valence-corrected chi connectivity index (χ4v) is 3.73. The van der Waals surface area contributed by atoms with Crippen molar-refractivity contribution in [2.24, 2.45) is 5.92 Å². The van der Waals surface area contributed by atoms with Gasteiger partial charge in [0.1, 0.15) is 0 Å². The molecule has 1 heterocycles. The van der Waals surface area contributed by atoms with E-state index in [2.05, 4.69) is 24.3 Å². The minimum Gasteiger partial charge on any atom is -0.371 e. The quantitative estimate of drug-likeness (QED) is 0.851. The van der Waals surface area contributed by atoms with Crippen LogP contribution in [0.1, 0.15) is 49.7 Å². The highest BCUT2D eigenvalue weighted by Crippen LogP contribution is 2.27. The molecular formula is C19H27NO2. The summed E-state index contributed by atoms with van der Waals surface area (Å²) in [5.74, 6) is 0.894. The number of hydrogen-bond donors (Lipinski definition) is 0. The number of carbonyl (C=O) groups is 1. The zero-order chi connectivity index (χ0) is 15.4. The monoisotopic (exact) mass is 301 g/mol. The lowest BCUT2D eigenvalue weighted by molar-refractivity contribution is -0.133. The maximum absolute atomic E-state index is 12.4. The normalized spacial score (nSPS) is 22.1. The van der Waals surface area contributed by atoms with Crippen LogP contribution in [0.15, 0.2) is 24.3 Å². The molecule has 0 N–H and O–H groups in total. The zero-order valence-corrected chi connectivity index (χ0v) is 13.6. The smallest absolute Gasteiger partial charge is 0.222 e. The molecule has 1 aromatic rings. The molecule has 1 unspecified atom stereocenters. The summed E-state index contributed by atoms with van der Waals surface area (Å²) in [5, 5.41) is 0. The van der Waals surface area contributed by atoms with Gasteiger partial charge < -0.3 is 9.64 Å². The van der Waals surface area contributed by atoms with Crippen molar-refractivity contribution in [2.45, 2.75) is 57.7 Å². The van der Waals surface area contributed by atoms with Crippen molar-refractivity contribution in [2.75, 3.05) is 13.6 Å². The summed E-state index contributed by atoms with van der Waals surface area (Å²) < 4.78 is 5.92. The van der Waals surface area contributed by atoms with Crippen LogP contribution in [0, 0.1) is 5.92 Å². The molecule has 1 aromatic carbocycles. The summed E-state index contributed by atoms with van der Waals surface area (Å²) >= 11 is 0.